The summed E-state index contributed by atoms with van der Waals surface area (Å²) in [4.78, 5) is 26.1. The molecule has 2 heterocycles. The van der Waals surface area contributed by atoms with Gasteiger partial charge in [-0.3, -0.25) is 4.79 Å². The van der Waals surface area contributed by atoms with Crippen molar-refractivity contribution in [1.82, 2.24) is 14.9 Å². The molecule has 0 N–H and O–H groups in total. The van der Waals surface area contributed by atoms with Crippen LogP contribution in [0.1, 0.15) is 43.9 Å². The number of benzene rings is 1. The predicted octanol–water partition coefficient (Wildman–Crippen LogP) is 3.67. The van der Waals surface area contributed by atoms with Gasteiger partial charge in [0, 0.05) is 44.6 Å². The summed E-state index contributed by atoms with van der Waals surface area (Å²) in [6.07, 6.45) is 4.66. The van der Waals surface area contributed by atoms with Gasteiger partial charge in [-0.1, -0.05) is 50.1 Å². The topological polar surface area (TPSA) is 49.3 Å². The van der Waals surface area contributed by atoms with E-state index in [0.717, 1.165) is 60.7 Å². The highest BCUT2D eigenvalue weighted by Crippen LogP contribution is 2.29. The van der Waals surface area contributed by atoms with Gasteiger partial charge in [-0.15, -0.1) is 0 Å². The molecule has 1 aliphatic heterocycles. The number of hydrogen-bond acceptors (Lipinski definition) is 4. The van der Waals surface area contributed by atoms with Crippen LogP contribution in [0.15, 0.2) is 30.3 Å². The van der Waals surface area contributed by atoms with Gasteiger partial charge in [-0.2, -0.15) is 0 Å². The first-order chi connectivity index (χ1) is 12.6. The first kappa shape index (κ1) is 18.4. The molecule has 0 saturated heterocycles. The van der Waals surface area contributed by atoms with E-state index in [0.29, 0.717) is 13.0 Å². The summed E-state index contributed by atoms with van der Waals surface area (Å²) in [6, 6.07) is 10.1. The average molecular weight is 352 g/mol. The molecule has 5 nitrogen and oxygen atoms in total. The minimum absolute atomic E-state index is 0.251. The molecule has 0 fully saturated rings. The quantitative estimate of drug-likeness (QED) is 0.744. The van der Waals surface area contributed by atoms with Crippen molar-refractivity contribution in [3.05, 3.63) is 41.6 Å². The molecule has 1 aliphatic rings. The number of aromatic nitrogens is 2. The van der Waals surface area contributed by atoms with Crippen LogP contribution in [-0.2, 0) is 17.8 Å². The highest BCUT2D eigenvalue weighted by Gasteiger charge is 2.26. The normalized spacial score (nSPS) is 13.4. The summed E-state index contributed by atoms with van der Waals surface area (Å²) in [6.45, 7) is 3.52. The number of carbonyl (C=O) groups excluding carboxylic acids is 1. The van der Waals surface area contributed by atoms with Gasteiger partial charge >= 0.3 is 0 Å². The first-order valence-electron chi connectivity index (χ1n) is 9.50. The Balaban J connectivity index is 1.87. The second-order valence-corrected chi connectivity index (χ2v) is 7.08. The summed E-state index contributed by atoms with van der Waals surface area (Å²) in [5.74, 6) is 1.93. The van der Waals surface area contributed by atoms with E-state index in [2.05, 4.69) is 6.92 Å². The fourth-order valence-electron chi connectivity index (χ4n) is 3.38. The fourth-order valence-corrected chi connectivity index (χ4v) is 3.38. The average Bonchev–Trinajstić information content (AvgIpc) is 2.67. The summed E-state index contributed by atoms with van der Waals surface area (Å²) >= 11 is 0. The van der Waals surface area contributed by atoms with Crippen molar-refractivity contribution in [3.63, 3.8) is 0 Å². The van der Waals surface area contributed by atoms with Crippen LogP contribution in [0.3, 0.4) is 0 Å². The lowest BCUT2D eigenvalue weighted by molar-refractivity contribution is -0.132. The molecule has 0 saturated carbocycles. The molecule has 3 rings (SSSR count). The van der Waals surface area contributed by atoms with E-state index in [1.807, 2.05) is 54.2 Å². The Morgan fingerprint density at radius 1 is 1.15 bits per heavy atom. The smallest absolute Gasteiger partial charge is 0.222 e. The van der Waals surface area contributed by atoms with Gasteiger partial charge in [0.1, 0.15) is 5.82 Å². The zero-order valence-electron chi connectivity index (χ0n) is 16.0. The molecule has 1 amide bonds. The van der Waals surface area contributed by atoms with Crippen molar-refractivity contribution in [2.24, 2.45) is 0 Å². The highest BCUT2D eigenvalue weighted by molar-refractivity contribution is 5.77. The molecule has 26 heavy (non-hydrogen) atoms. The van der Waals surface area contributed by atoms with E-state index in [9.17, 15) is 4.79 Å². The minimum Gasteiger partial charge on any atom is -0.362 e. The summed E-state index contributed by atoms with van der Waals surface area (Å²) in [5.41, 5.74) is 3.18. The van der Waals surface area contributed by atoms with E-state index in [1.165, 1.54) is 0 Å². The molecule has 1 aromatic heterocycles. The second kappa shape index (κ2) is 8.30. The molecule has 138 valence electrons. The Hall–Kier alpha value is -2.43. The molecule has 0 aliphatic carbocycles. The van der Waals surface area contributed by atoms with Gasteiger partial charge in [0.2, 0.25) is 5.91 Å². The van der Waals surface area contributed by atoms with E-state index in [1.54, 1.807) is 0 Å². The van der Waals surface area contributed by atoms with Crippen molar-refractivity contribution in [3.8, 4) is 11.4 Å². The molecule has 0 radical (unpaired) electrons. The molecule has 2 aromatic rings. The van der Waals surface area contributed by atoms with Crippen LogP contribution in [0.4, 0.5) is 5.82 Å². The number of fused-ring (bicyclic) bond motifs is 1. The third-order valence-corrected chi connectivity index (χ3v) is 4.84. The van der Waals surface area contributed by atoms with Crippen molar-refractivity contribution >= 4 is 11.7 Å². The van der Waals surface area contributed by atoms with E-state index in [4.69, 9.17) is 9.97 Å². The first-order valence-corrected chi connectivity index (χ1v) is 9.50. The summed E-state index contributed by atoms with van der Waals surface area (Å²) in [5, 5.41) is 0. The number of rotatable bonds is 6. The Bertz CT molecular complexity index is 758. The van der Waals surface area contributed by atoms with Crippen molar-refractivity contribution < 1.29 is 4.79 Å². The molecular formula is C21H28N4O. The van der Waals surface area contributed by atoms with Crippen LogP contribution in [0.2, 0.25) is 0 Å². The maximum Gasteiger partial charge on any atom is 0.222 e. The van der Waals surface area contributed by atoms with Crippen LogP contribution < -0.4 is 4.90 Å². The molecule has 0 unspecified atom stereocenters. The number of unbranched alkanes of at least 4 members (excludes halogenated alkanes) is 2. The van der Waals surface area contributed by atoms with Gasteiger partial charge in [0.15, 0.2) is 5.82 Å². The Morgan fingerprint density at radius 2 is 1.92 bits per heavy atom. The lowest BCUT2D eigenvalue weighted by atomic mass is 10.0. The van der Waals surface area contributed by atoms with Gasteiger partial charge < -0.3 is 9.80 Å². The largest absolute Gasteiger partial charge is 0.362 e. The number of hydrogen-bond donors (Lipinski definition) is 0. The zero-order chi connectivity index (χ0) is 18.5. The number of nitrogens with zero attached hydrogens (tertiary/aromatic N) is 4. The SMILES string of the molecule is CCCCCC(=O)N1CCc2nc(-c3ccccc3)nc(N(C)C)c2C1. The molecule has 0 spiro atoms. The van der Waals surface area contributed by atoms with E-state index >= 15 is 0 Å². The van der Waals surface area contributed by atoms with Crippen LogP contribution in [-0.4, -0.2) is 41.4 Å². The number of amides is 1. The van der Waals surface area contributed by atoms with E-state index in [-0.39, 0.29) is 5.91 Å². The van der Waals surface area contributed by atoms with Crippen molar-refractivity contribution in [2.75, 3.05) is 25.5 Å². The molecule has 0 atom stereocenters. The number of anilines is 1. The van der Waals surface area contributed by atoms with Gasteiger partial charge in [0.25, 0.3) is 0 Å². The molecule has 0 bridgehead atoms. The standard InChI is InChI=1S/C21H28N4O/c1-4-5-7-12-19(26)25-14-13-18-17(15-25)21(24(2)3)23-20(22-18)16-10-8-6-9-11-16/h6,8-11H,4-5,7,12-15H2,1-3H3. The third-order valence-electron chi connectivity index (χ3n) is 4.84. The number of carbonyl (C=O) groups is 1. The lowest BCUT2D eigenvalue weighted by Gasteiger charge is -2.31. The Morgan fingerprint density at radius 3 is 2.62 bits per heavy atom. The Kier molecular flexibility index (Phi) is 5.86. The van der Waals surface area contributed by atoms with Crippen LogP contribution >= 0.6 is 0 Å². The second-order valence-electron chi connectivity index (χ2n) is 7.08. The monoisotopic (exact) mass is 352 g/mol. The summed E-state index contributed by atoms with van der Waals surface area (Å²) in [7, 11) is 4.00. The van der Waals surface area contributed by atoms with Gasteiger partial charge in [-0.25, -0.2) is 9.97 Å². The Labute approximate surface area is 156 Å². The lowest BCUT2D eigenvalue weighted by Crippen LogP contribution is -2.37. The van der Waals surface area contributed by atoms with Crippen LogP contribution in [0.5, 0.6) is 0 Å². The summed E-state index contributed by atoms with van der Waals surface area (Å²) < 4.78 is 0. The van der Waals surface area contributed by atoms with Crippen molar-refractivity contribution in [2.45, 2.75) is 45.6 Å². The molecular weight excluding hydrogens is 324 g/mol. The molecule has 5 heteroatoms. The predicted molar refractivity (Wildman–Crippen MR) is 105 cm³/mol. The van der Waals surface area contributed by atoms with Gasteiger partial charge in [0.05, 0.1) is 12.2 Å². The minimum atomic E-state index is 0.251. The van der Waals surface area contributed by atoms with E-state index < -0.39 is 0 Å². The van der Waals surface area contributed by atoms with Gasteiger partial charge in [-0.05, 0) is 6.42 Å². The van der Waals surface area contributed by atoms with Crippen LogP contribution in [0, 0.1) is 0 Å². The maximum absolute atomic E-state index is 12.5. The maximum atomic E-state index is 12.5. The zero-order valence-corrected chi connectivity index (χ0v) is 16.0. The fraction of sp³-hybridized carbons (Fsp3) is 0.476. The molecule has 1 aromatic carbocycles. The van der Waals surface area contributed by atoms with Crippen molar-refractivity contribution in [1.29, 1.82) is 0 Å². The van der Waals surface area contributed by atoms with Crippen LogP contribution in [0.25, 0.3) is 11.4 Å². The third kappa shape index (κ3) is 4.03. The highest BCUT2D eigenvalue weighted by atomic mass is 16.2.